The van der Waals surface area contributed by atoms with Gasteiger partial charge in [-0.05, 0) is 43.4 Å². The van der Waals surface area contributed by atoms with Crippen LogP contribution in [0.2, 0.25) is 0 Å². The van der Waals surface area contributed by atoms with Crippen molar-refractivity contribution < 1.29 is 4.74 Å². The highest BCUT2D eigenvalue weighted by molar-refractivity contribution is 4.95. The molecular formula is C15H31NO. The Morgan fingerprint density at radius 3 is 2.41 bits per heavy atom. The Morgan fingerprint density at radius 2 is 1.94 bits per heavy atom. The van der Waals surface area contributed by atoms with E-state index in [1.807, 2.05) is 0 Å². The van der Waals surface area contributed by atoms with Gasteiger partial charge in [-0.3, -0.25) is 0 Å². The second-order valence-corrected chi connectivity index (χ2v) is 5.98. The lowest BCUT2D eigenvalue weighted by Crippen LogP contribution is -2.35. The van der Waals surface area contributed by atoms with Crippen molar-refractivity contribution in [2.24, 2.45) is 11.3 Å². The van der Waals surface area contributed by atoms with Crippen LogP contribution in [0.1, 0.15) is 59.3 Å². The number of ether oxygens (including phenoxy) is 1. The Balaban J connectivity index is 2.22. The van der Waals surface area contributed by atoms with Crippen LogP contribution in [0.3, 0.4) is 0 Å². The van der Waals surface area contributed by atoms with Crippen LogP contribution in [0.4, 0.5) is 0 Å². The van der Waals surface area contributed by atoms with E-state index in [4.69, 9.17) is 4.74 Å². The molecular weight excluding hydrogens is 210 g/mol. The third-order valence-electron chi connectivity index (χ3n) is 4.44. The summed E-state index contributed by atoms with van der Waals surface area (Å²) in [4.78, 5) is 0. The fraction of sp³-hybridized carbons (Fsp3) is 1.00. The van der Waals surface area contributed by atoms with Gasteiger partial charge in [-0.15, -0.1) is 0 Å². The quantitative estimate of drug-likeness (QED) is 0.631. The number of nitrogens with one attached hydrogen (secondary N) is 1. The van der Waals surface area contributed by atoms with E-state index >= 15 is 0 Å². The van der Waals surface area contributed by atoms with Gasteiger partial charge in [-0.25, -0.2) is 0 Å². The maximum atomic E-state index is 5.21. The molecule has 1 rings (SSSR count). The molecule has 1 saturated carbocycles. The highest BCUT2D eigenvalue weighted by atomic mass is 16.5. The van der Waals surface area contributed by atoms with E-state index in [0.717, 1.165) is 12.5 Å². The molecule has 0 heterocycles. The molecule has 2 heteroatoms. The first kappa shape index (κ1) is 15.0. The summed E-state index contributed by atoms with van der Waals surface area (Å²) in [5.41, 5.74) is 0.582. The zero-order valence-corrected chi connectivity index (χ0v) is 12.2. The van der Waals surface area contributed by atoms with Crippen LogP contribution in [-0.4, -0.2) is 26.3 Å². The van der Waals surface area contributed by atoms with Gasteiger partial charge in [0.05, 0.1) is 0 Å². The van der Waals surface area contributed by atoms with Crippen LogP contribution in [-0.2, 0) is 4.74 Å². The number of hydrogen-bond donors (Lipinski definition) is 1. The van der Waals surface area contributed by atoms with Gasteiger partial charge in [0.25, 0.3) is 0 Å². The zero-order chi connectivity index (χ0) is 12.7. The fourth-order valence-electron chi connectivity index (χ4n) is 2.42. The Kier molecular flexibility index (Phi) is 6.50. The average Bonchev–Trinajstić information content (AvgIpc) is 3.12. The SMILES string of the molecule is CCC(C)CC(CC)NCC1(CCOC)CC1. The van der Waals surface area contributed by atoms with E-state index < -0.39 is 0 Å². The van der Waals surface area contributed by atoms with Crippen molar-refractivity contribution in [2.45, 2.75) is 65.3 Å². The van der Waals surface area contributed by atoms with E-state index in [9.17, 15) is 0 Å². The van der Waals surface area contributed by atoms with Gasteiger partial charge in [0.1, 0.15) is 0 Å². The second kappa shape index (κ2) is 7.38. The number of hydrogen-bond acceptors (Lipinski definition) is 2. The molecule has 1 aliphatic carbocycles. The lowest BCUT2D eigenvalue weighted by Gasteiger charge is -2.24. The molecule has 0 saturated heterocycles. The van der Waals surface area contributed by atoms with E-state index in [2.05, 4.69) is 26.1 Å². The normalized spacial score (nSPS) is 21.2. The average molecular weight is 241 g/mol. The molecule has 0 bridgehead atoms. The van der Waals surface area contributed by atoms with Gasteiger partial charge in [-0.2, -0.15) is 0 Å². The van der Waals surface area contributed by atoms with Crippen molar-refractivity contribution in [3.63, 3.8) is 0 Å². The van der Waals surface area contributed by atoms with E-state index in [1.54, 1.807) is 7.11 Å². The van der Waals surface area contributed by atoms with Crippen molar-refractivity contribution in [1.29, 1.82) is 0 Å². The maximum Gasteiger partial charge on any atom is 0.0468 e. The predicted octanol–water partition coefficient (Wildman–Crippen LogP) is 3.61. The van der Waals surface area contributed by atoms with Crippen LogP contribution in [0.5, 0.6) is 0 Å². The molecule has 0 amide bonds. The lowest BCUT2D eigenvalue weighted by atomic mass is 9.96. The summed E-state index contributed by atoms with van der Waals surface area (Å²) in [6.07, 6.45) is 7.90. The Bertz CT molecular complexity index is 201. The van der Waals surface area contributed by atoms with Crippen molar-refractivity contribution in [3.8, 4) is 0 Å². The van der Waals surface area contributed by atoms with Crippen LogP contribution in [0, 0.1) is 11.3 Å². The molecule has 17 heavy (non-hydrogen) atoms. The van der Waals surface area contributed by atoms with Gasteiger partial charge in [0.2, 0.25) is 0 Å². The molecule has 102 valence electrons. The molecule has 2 nitrogen and oxygen atoms in total. The molecule has 0 radical (unpaired) electrons. The Hall–Kier alpha value is -0.0800. The summed E-state index contributed by atoms with van der Waals surface area (Å²) in [5, 5.41) is 3.79. The lowest BCUT2D eigenvalue weighted by molar-refractivity contribution is 0.169. The van der Waals surface area contributed by atoms with E-state index in [0.29, 0.717) is 11.5 Å². The summed E-state index contributed by atoms with van der Waals surface area (Å²) in [7, 11) is 1.81. The molecule has 0 aliphatic heterocycles. The standard InChI is InChI=1S/C15H31NO/c1-5-13(3)11-14(6-2)16-12-15(7-8-15)9-10-17-4/h13-14,16H,5-12H2,1-4H3. The van der Waals surface area contributed by atoms with E-state index in [-0.39, 0.29) is 0 Å². The maximum absolute atomic E-state index is 5.21. The third-order valence-corrected chi connectivity index (χ3v) is 4.44. The number of rotatable bonds is 10. The fourth-order valence-corrected chi connectivity index (χ4v) is 2.42. The van der Waals surface area contributed by atoms with Crippen molar-refractivity contribution in [3.05, 3.63) is 0 Å². The van der Waals surface area contributed by atoms with Gasteiger partial charge in [0, 0.05) is 26.3 Å². The summed E-state index contributed by atoms with van der Waals surface area (Å²) in [5.74, 6) is 0.849. The first-order chi connectivity index (χ1) is 8.15. The number of methoxy groups -OCH3 is 1. The van der Waals surface area contributed by atoms with Gasteiger partial charge < -0.3 is 10.1 Å². The molecule has 0 aromatic rings. The van der Waals surface area contributed by atoms with Crippen LogP contribution < -0.4 is 5.32 Å². The molecule has 2 atom stereocenters. The first-order valence-corrected chi connectivity index (χ1v) is 7.38. The minimum Gasteiger partial charge on any atom is -0.385 e. The predicted molar refractivity (Wildman–Crippen MR) is 74.3 cm³/mol. The minimum absolute atomic E-state index is 0.582. The highest BCUT2D eigenvalue weighted by Crippen LogP contribution is 2.48. The summed E-state index contributed by atoms with van der Waals surface area (Å²) in [6, 6.07) is 0.713. The van der Waals surface area contributed by atoms with Gasteiger partial charge in [0.15, 0.2) is 0 Å². The van der Waals surface area contributed by atoms with Crippen molar-refractivity contribution in [1.82, 2.24) is 5.32 Å². The Labute approximate surface area is 108 Å². The second-order valence-electron chi connectivity index (χ2n) is 5.98. The Morgan fingerprint density at radius 1 is 1.24 bits per heavy atom. The molecule has 0 aromatic carbocycles. The van der Waals surface area contributed by atoms with Gasteiger partial charge >= 0.3 is 0 Å². The third kappa shape index (κ3) is 5.39. The van der Waals surface area contributed by atoms with Crippen LogP contribution in [0.25, 0.3) is 0 Å². The first-order valence-electron chi connectivity index (χ1n) is 7.38. The monoisotopic (exact) mass is 241 g/mol. The minimum atomic E-state index is 0.582. The van der Waals surface area contributed by atoms with Crippen LogP contribution >= 0.6 is 0 Å². The van der Waals surface area contributed by atoms with Crippen molar-refractivity contribution in [2.75, 3.05) is 20.3 Å². The summed E-state index contributed by atoms with van der Waals surface area (Å²) >= 11 is 0. The smallest absolute Gasteiger partial charge is 0.0468 e. The molecule has 1 aliphatic rings. The summed E-state index contributed by atoms with van der Waals surface area (Å²) < 4.78 is 5.21. The van der Waals surface area contributed by atoms with Gasteiger partial charge in [-0.1, -0.05) is 27.2 Å². The molecule has 0 spiro atoms. The molecule has 1 N–H and O–H groups in total. The topological polar surface area (TPSA) is 21.3 Å². The molecule has 0 aromatic heterocycles. The summed E-state index contributed by atoms with van der Waals surface area (Å²) in [6.45, 7) is 9.07. The van der Waals surface area contributed by atoms with E-state index in [1.165, 1.54) is 45.1 Å². The van der Waals surface area contributed by atoms with Crippen LogP contribution in [0.15, 0.2) is 0 Å². The molecule has 2 unspecified atom stereocenters. The largest absolute Gasteiger partial charge is 0.385 e. The van der Waals surface area contributed by atoms with Crippen molar-refractivity contribution >= 4 is 0 Å². The highest BCUT2D eigenvalue weighted by Gasteiger charge is 2.41. The zero-order valence-electron chi connectivity index (χ0n) is 12.2. The molecule has 1 fully saturated rings.